The largest absolute Gasteiger partial charge is 0.493 e. The van der Waals surface area contributed by atoms with Gasteiger partial charge in [0.05, 0.1) is 30.8 Å². The molecule has 5 aromatic rings. The molecule has 5 rings (SSSR count). The molecule has 0 fully saturated rings. The summed E-state index contributed by atoms with van der Waals surface area (Å²) >= 11 is 0. The Morgan fingerprint density at radius 3 is 2.74 bits per heavy atom. The summed E-state index contributed by atoms with van der Waals surface area (Å²) in [5.41, 5.74) is 3.85. The van der Waals surface area contributed by atoms with Gasteiger partial charge in [0.2, 0.25) is 0 Å². The highest BCUT2D eigenvalue weighted by atomic mass is 19.1. The molecule has 0 atom stereocenters. The van der Waals surface area contributed by atoms with Crippen LogP contribution in [0.15, 0.2) is 54.9 Å². The molecule has 0 radical (unpaired) electrons. The lowest BCUT2D eigenvalue weighted by atomic mass is 10.0. The van der Waals surface area contributed by atoms with Gasteiger partial charge in [-0.3, -0.25) is 0 Å². The predicted octanol–water partition coefficient (Wildman–Crippen LogP) is 4.54. The number of fused-ring (bicyclic) bond motifs is 2. The molecule has 0 aliphatic carbocycles. The van der Waals surface area contributed by atoms with Crippen LogP contribution in [0.3, 0.4) is 0 Å². The van der Waals surface area contributed by atoms with Crippen LogP contribution in [0, 0.1) is 5.82 Å². The molecule has 3 heterocycles. The van der Waals surface area contributed by atoms with Gasteiger partial charge < -0.3 is 24.2 Å². The van der Waals surface area contributed by atoms with Crippen LogP contribution in [-0.2, 0) is 17.8 Å². The van der Waals surface area contributed by atoms with Gasteiger partial charge in [-0.25, -0.2) is 19.2 Å². The predicted molar refractivity (Wildman–Crippen MR) is 124 cm³/mol. The van der Waals surface area contributed by atoms with Crippen molar-refractivity contribution in [2.45, 2.75) is 13.0 Å². The Kier molecular flexibility index (Phi) is 5.59. The summed E-state index contributed by atoms with van der Waals surface area (Å²) in [5, 5.41) is 0.714. The standard InChI is InChI=1S/C25H21FN4O4/c1-32-21-9-14(7-15-11-27-24-17(15)8-16(12-28-24)25(31)33-2)18(26)10-22(21)34-13-23-29-19-5-3-4-6-20(19)30-23/h3-6,8-12H,7,13H2,1-2H3,(H,27,28)(H,29,30). The number of carbonyl (C=O) groups is 1. The molecule has 0 bridgehead atoms. The fourth-order valence-corrected chi connectivity index (χ4v) is 3.84. The molecule has 0 amide bonds. The van der Waals surface area contributed by atoms with Gasteiger partial charge in [0, 0.05) is 30.3 Å². The summed E-state index contributed by atoms with van der Waals surface area (Å²) in [7, 11) is 2.81. The smallest absolute Gasteiger partial charge is 0.339 e. The molecule has 34 heavy (non-hydrogen) atoms. The average molecular weight is 460 g/mol. The van der Waals surface area contributed by atoms with Gasteiger partial charge in [-0.15, -0.1) is 0 Å². The van der Waals surface area contributed by atoms with Gasteiger partial charge in [-0.05, 0) is 35.4 Å². The van der Waals surface area contributed by atoms with Crippen molar-refractivity contribution in [2.24, 2.45) is 0 Å². The molecular formula is C25H21FN4O4. The minimum Gasteiger partial charge on any atom is -0.493 e. The molecule has 3 aromatic heterocycles. The van der Waals surface area contributed by atoms with Crippen molar-refractivity contribution in [3.8, 4) is 11.5 Å². The van der Waals surface area contributed by atoms with E-state index in [0.717, 1.165) is 16.6 Å². The highest BCUT2D eigenvalue weighted by molar-refractivity contribution is 5.94. The van der Waals surface area contributed by atoms with Crippen LogP contribution in [0.25, 0.3) is 22.1 Å². The lowest BCUT2D eigenvalue weighted by molar-refractivity contribution is 0.0600. The first-order valence-corrected chi connectivity index (χ1v) is 10.5. The Hall–Kier alpha value is -4.40. The van der Waals surface area contributed by atoms with Gasteiger partial charge >= 0.3 is 5.97 Å². The second kappa shape index (κ2) is 8.86. The number of hydrogen-bond acceptors (Lipinski definition) is 6. The maximum absolute atomic E-state index is 15.1. The molecule has 0 aliphatic rings. The quantitative estimate of drug-likeness (QED) is 0.346. The molecule has 0 saturated heterocycles. The Bertz CT molecular complexity index is 1470. The Balaban J connectivity index is 1.39. The first-order chi connectivity index (χ1) is 16.6. The van der Waals surface area contributed by atoms with Crippen LogP contribution in [0.1, 0.15) is 27.3 Å². The molecule has 2 N–H and O–H groups in total. The van der Waals surface area contributed by atoms with Gasteiger partial charge in [-0.1, -0.05) is 12.1 Å². The topological polar surface area (TPSA) is 102 Å². The van der Waals surface area contributed by atoms with E-state index in [2.05, 4.69) is 19.9 Å². The van der Waals surface area contributed by atoms with Crippen molar-refractivity contribution in [1.82, 2.24) is 19.9 Å². The number of aromatic nitrogens is 4. The number of methoxy groups -OCH3 is 2. The molecule has 0 aliphatic heterocycles. The van der Waals surface area contributed by atoms with Gasteiger partial charge in [0.25, 0.3) is 0 Å². The monoisotopic (exact) mass is 460 g/mol. The van der Waals surface area contributed by atoms with Crippen LogP contribution < -0.4 is 9.47 Å². The second-order valence-electron chi connectivity index (χ2n) is 7.69. The van der Waals surface area contributed by atoms with E-state index in [1.54, 1.807) is 18.3 Å². The fourth-order valence-electron chi connectivity index (χ4n) is 3.84. The zero-order valence-electron chi connectivity index (χ0n) is 18.5. The first-order valence-electron chi connectivity index (χ1n) is 10.5. The Labute approximate surface area is 193 Å². The number of nitrogens with zero attached hydrogens (tertiary/aromatic N) is 2. The van der Waals surface area contributed by atoms with E-state index >= 15 is 4.39 Å². The minimum absolute atomic E-state index is 0.133. The van der Waals surface area contributed by atoms with Crippen molar-refractivity contribution in [3.05, 3.63) is 83.2 Å². The van der Waals surface area contributed by atoms with Crippen molar-refractivity contribution >= 4 is 28.0 Å². The van der Waals surface area contributed by atoms with E-state index in [9.17, 15) is 4.79 Å². The number of esters is 1. The zero-order chi connectivity index (χ0) is 23.7. The summed E-state index contributed by atoms with van der Waals surface area (Å²) in [6.45, 7) is 0.133. The number of carbonyl (C=O) groups excluding carboxylic acids is 1. The fraction of sp³-hybridized carbons (Fsp3) is 0.160. The van der Waals surface area contributed by atoms with Gasteiger partial charge in [0.15, 0.2) is 11.5 Å². The zero-order valence-corrected chi connectivity index (χ0v) is 18.5. The third-order valence-corrected chi connectivity index (χ3v) is 5.55. The van der Waals surface area contributed by atoms with E-state index < -0.39 is 11.8 Å². The molecular weight excluding hydrogens is 439 g/mol. The second-order valence-corrected chi connectivity index (χ2v) is 7.69. The van der Waals surface area contributed by atoms with E-state index in [4.69, 9.17) is 14.2 Å². The van der Waals surface area contributed by atoms with E-state index in [-0.39, 0.29) is 18.8 Å². The maximum Gasteiger partial charge on any atom is 0.339 e. The number of ether oxygens (including phenoxy) is 3. The number of aromatic amines is 2. The van der Waals surface area contributed by atoms with Crippen LogP contribution >= 0.6 is 0 Å². The number of nitrogens with one attached hydrogen (secondary N) is 2. The highest BCUT2D eigenvalue weighted by Crippen LogP contribution is 2.33. The summed E-state index contributed by atoms with van der Waals surface area (Å²) in [6, 6.07) is 12.3. The summed E-state index contributed by atoms with van der Waals surface area (Å²) in [5.74, 6) is 0.381. The van der Waals surface area contributed by atoms with Crippen molar-refractivity contribution < 1.29 is 23.4 Å². The molecule has 8 nitrogen and oxygen atoms in total. The number of para-hydroxylation sites is 2. The number of pyridine rings is 1. The summed E-state index contributed by atoms with van der Waals surface area (Å²) in [6.07, 6.45) is 3.45. The molecule has 172 valence electrons. The van der Waals surface area contributed by atoms with Crippen molar-refractivity contribution in [2.75, 3.05) is 14.2 Å². The Morgan fingerprint density at radius 2 is 1.94 bits per heavy atom. The van der Waals surface area contributed by atoms with Gasteiger partial charge in [-0.2, -0.15) is 0 Å². The number of H-pyrrole nitrogens is 2. The van der Waals surface area contributed by atoms with E-state index in [1.165, 1.54) is 26.5 Å². The normalized spacial score (nSPS) is 11.1. The van der Waals surface area contributed by atoms with Gasteiger partial charge in [0.1, 0.15) is 23.9 Å². The average Bonchev–Trinajstić information content (AvgIpc) is 3.46. The van der Waals surface area contributed by atoms with Crippen molar-refractivity contribution in [1.29, 1.82) is 0 Å². The van der Waals surface area contributed by atoms with E-state index in [0.29, 0.717) is 33.7 Å². The number of rotatable bonds is 7. The van der Waals surface area contributed by atoms with E-state index in [1.807, 2.05) is 24.3 Å². The Morgan fingerprint density at radius 1 is 1.09 bits per heavy atom. The summed E-state index contributed by atoms with van der Waals surface area (Å²) < 4.78 is 31.1. The van der Waals surface area contributed by atoms with Crippen LogP contribution in [-0.4, -0.2) is 40.1 Å². The van der Waals surface area contributed by atoms with Crippen molar-refractivity contribution in [3.63, 3.8) is 0 Å². The maximum atomic E-state index is 15.1. The lowest BCUT2D eigenvalue weighted by Crippen LogP contribution is -2.03. The lowest BCUT2D eigenvalue weighted by Gasteiger charge is -2.12. The third-order valence-electron chi connectivity index (χ3n) is 5.55. The van der Waals surface area contributed by atoms with Crippen LogP contribution in [0.4, 0.5) is 4.39 Å². The molecule has 0 unspecified atom stereocenters. The molecule has 2 aromatic carbocycles. The summed E-state index contributed by atoms with van der Waals surface area (Å²) in [4.78, 5) is 26.8. The third kappa shape index (κ3) is 4.03. The number of hydrogen-bond donors (Lipinski definition) is 2. The molecule has 9 heteroatoms. The minimum atomic E-state index is -0.486. The number of imidazole rings is 1. The number of benzene rings is 2. The molecule has 0 saturated carbocycles. The van der Waals surface area contributed by atoms with Crippen LogP contribution in [0.5, 0.6) is 11.5 Å². The van der Waals surface area contributed by atoms with Crippen LogP contribution in [0.2, 0.25) is 0 Å². The first kappa shape index (κ1) is 21.4. The highest BCUT2D eigenvalue weighted by Gasteiger charge is 2.16. The SMILES string of the molecule is COC(=O)c1cnc2[nH]cc(Cc3cc(OC)c(OCc4nc5ccccc5[nH]4)cc3F)c2c1. The number of halogens is 1. The molecule has 0 spiro atoms.